The Bertz CT molecular complexity index is 969. The van der Waals surface area contributed by atoms with E-state index in [1.54, 1.807) is 6.08 Å². The van der Waals surface area contributed by atoms with Crippen LogP contribution >= 0.6 is 12.4 Å². The Balaban J connectivity index is 0.00000300. The number of aliphatic carboxylic acids is 1. The molecule has 0 spiro atoms. The predicted octanol–water partition coefficient (Wildman–Crippen LogP) is 4.50. The number of pyridine rings is 1. The van der Waals surface area contributed by atoms with Gasteiger partial charge in [0.05, 0.1) is 16.8 Å². The lowest BCUT2D eigenvalue weighted by Gasteiger charge is -2.36. The Morgan fingerprint density at radius 3 is 2.38 bits per heavy atom. The summed E-state index contributed by atoms with van der Waals surface area (Å²) in [6, 6.07) is 3.01. The van der Waals surface area contributed by atoms with Crippen LogP contribution < -0.4 is 4.90 Å². The second-order valence-corrected chi connectivity index (χ2v) is 8.14. The average molecular weight is 419 g/mol. The number of halogens is 1. The lowest BCUT2D eigenvalue weighted by Crippen LogP contribution is -2.44. The molecule has 1 unspecified atom stereocenters. The summed E-state index contributed by atoms with van der Waals surface area (Å²) in [7, 11) is 0. The molecule has 2 heterocycles. The summed E-state index contributed by atoms with van der Waals surface area (Å²) >= 11 is 0. The van der Waals surface area contributed by atoms with Crippen LogP contribution in [0.3, 0.4) is 0 Å². The van der Waals surface area contributed by atoms with Crippen LogP contribution in [-0.2, 0) is 11.2 Å². The first-order valence-corrected chi connectivity index (χ1v) is 9.56. The molecule has 3 rings (SSSR count). The summed E-state index contributed by atoms with van der Waals surface area (Å²) in [6.07, 6.45) is 5.50. The number of aromatic nitrogens is 1. The SMILES string of the molecule is CC(C)Cc1c(C(=O)O)cnc2ccc3c(c12)N(CC(C)C)C(C(=O)O)C=C3.Cl. The van der Waals surface area contributed by atoms with Crippen molar-refractivity contribution in [3.05, 3.63) is 41.1 Å². The van der Waals surface area contributed by atoms with E-state index in [2.05, 4.69) is 4.98 Å². The third kappa shape index (κ3) is 4.37. The van der Waals surface area contributed by atoms with Crippen molar-refractivity contribution in [3.8, 4) is 0 Å². The first-order valence-electron chi connectivity index (χ1n) is 9.56. The van der Waals surface area contributed by atoms with Crippen molar-refractivity contribution in [1.29, 1.82) is 0 Å². The number of hydrogen-bond acceptors (Lipinski definition) is 4. The van der Waals surface area contributed by atoms with Gasteiger partial charge in [-0.15, -0.1) is 12.4 Å². The van der Waals surface area contributed by atoms with Crippen LogP contribution in [0.25, 0.3) is 17.0 Å². The second kappa shape index (κ2) is 8.82. The zero-order chi connectivity index (χ0) is 20.6. The van der Waals surface area contributed by atoms with Crippen molar-refractivity contribution in [1.82, 2.24) is 4.98 Å². The molecule has 1 aromatic heterocycles. The molecule has 2 aromatic rings. The van der Waals surface area contributed by atoms with E-state index in [1.165, 1.54) is 6.20 Å². The number of nitrogens with zero attached hydrogens (tertiary/aromatic N) is 2. The van der Waals surface area contributed by atoms with Gasteiger partial charge < -0.3 is 15.1 Å². The molecule has 7 heteroatoms. The molecule has 1 aliphatic heterocycles. The van der Waals surface area contributed by atoms with Gasteiger partial charge in [-0.1, -0.05) is 45.9 Å². The highest BCUT2D eigenvalue weighted by Gasteiger charge is 2.31. The number of aromatic carboxylic acids is 1. The zero-order valence-electron chi connectivity index (χ0n) is 17.0. The Hall–Kier alpha value is -2.60. The van der Waals surface area contributed by atoms with E-state index in [-0.39, 0.29) is 29.8 Å². The lowest BCUT2D eigenvalue weighted by molar-refractivity contribution is -0.137. The molecule has 6 nitrogen and oxygen atoms in total. The molecule has 0 saturated carbocycles. The number of anilines is 1. The third-order valence-electron chi connectivity index (χ3n) is 4.89. The van der Waals surface area contributed by atoms with Gasteiger partial charge in [0.1, 0.15) is 6.04 Å². The van der Waals surface area contributed by atoms with Crippen molar-refractivity contribution in [2.75, 3.05) is 11.4 Å². The van der Waals surface area contributed by atoms with Gasteiger partial charge in [-0.25, -0.2) is 9.59 Å². The molecule has 0 aliphatic carbocycles. The molecule has 1 aromatic carbocycles. The molecule has 0 bridgehead atoms. The third-order valence-corrected chi connectivity index (χ3v) is 4.89. The maximum atomic E-state index is 11.9. The maximum absolute atomic E-state index is 11.9. The van der Waals surface area contributed by atoms with Crippen LogP contribution in [0, 0.1) is 11.8 Å². The van der Waals surface area contributed by atoms with E-state index in [0.29, 0.717) is 18.5 Å². The largest absolute Gasteiger partial charge is 0.479 e. The van der Waals surface area contributed by atoms with Gasteiger partial charge in [-0.3, -0.25) is 4.98 Å². The van der Waals surface area contributed by atoms with Crippen LogP contribution in [0.15, 0.2) is 24.4 Å². The van der Waals surface area contributed by atoms with Gasteiger partial charge in [0, 0.05) is 18.1 Å². The second-order valence-electron chi connectivity index (χ2n) is 8.14. The normalized spacial score (nSPS) is 15.5. The van der Waals surface area contributed by atoms with Crippen molar-refractivity contribution in [3.63, 3.8) is 0 Å². The standard InChI is InChI=1S/C22H26N2O4.ClH/c1-12(2)9-15-16(21(25)26)10-23-17-7-5-14-6-8-18(22(27)28)24(11-13(3)4)20(14)19(15)17;/h5-8,10,12-13,18H,9,11H2,1-4H3,(H,25,26)(H,27,28);1H. The van der Waals surface area contributed by atoms with Gasteiger partial charge in [0.15, 0.2) is 0 Å². The van der Waals surface area contributed by atoms with E-state index in [1.807, 2.05) is 50.8 Å². The van der Waals surface area contributed by atoms with E-state index < -0.39 is 18.0 Å². The average Bonchev–Trinajstić information content (AvgIpc) is 2.60. The summed E-state index contributed by atoms with van der Waals surface area (Å²) in [4.78, 5) is 30.1. The van der Waals surface area contributed by atoms with Gasteiger partial charge in [-0.05, 0) is 35.4 Å². The molecular weight excluding hydrogens is 392 g/mol. The molecule has 29 heavy (non-hydrogen) atoms. The first kappa shape index (κ1) is 22.7. The molecule has 1 atom stereocenters. The van der Waals surface area contributed by atoms with Crippen LogP contribution in [-0.4, -0.2) is 39.7 Å². The molecule has 0 amide bonds. The van der Waals surface area contributed by atoms with E-state index in [0.717, 1.165) is 22.2 Å². The quantitative estimate of drug-likeness (QED) is 0.717. The fourth-order valence-electron chi connectivity index (χ4n) is 3.85. The summed E-state index contributed by atoms with van der Waals surface area (Å²) in [5.74, 6) is -1.46. The molecule has 156 valence electrons. The molecule has 0 saturated heterocycles. The fraction of sp³-hybridized carbons (Fsp3) is 0.409. The number of rotatable bonds is 6. The first-order chi connectivity index (χ1) is 13.2. The predicted molar refractivity (Wildman–Crippen MR) is 117 cm³/mol. The number of carboxylic acid groups (broad SMARTS) is 2. The number of carboxylic acids is 2. The minimum absolute atomic E-state index is 0. The molecule has 0 fully saturated rings. The monoisotopic (exact) mass is 418 g/mol. The zero-order valence-corrected chi connectivity index (χ0v) is 17.9. The van der Waals surface area contributed by atoms with Gasteiger partial charge >= 0.3 is 11.9 Å². The van der Waals surface area contributed by atoms with Crippen LogP contribution in [0.4, 0.5) is 5.69 Å². The number of fused-ring (bicyclic) bond motifs is 3. The summed E-state index contributed by atoms with van der Waals surface area (Å²) in [5, 5.41) is 20.3. The van der Waals surface area contributed by atoms with Crippen molar-refractivity contribution in [2.45, 2.75) is 40.2 Å². The molecular formula is C22H27ClN2O4. The Labute approximate surface area is 176 Å². The van der Waals surface area contributed by atoms with E-state index in [9.17, 15) is 19.8 Å². The van der Waals surface area contributed by atoms with E-state index >= 15 is 0 Å². The van der Waals surface area contributed by atoms with Crippen LogP contribution in [0.5, 0.6) is 0 Å². The Kier molecular flexibility index (Phi) is 6.90. The highest BCUT2D eigenvalue weighted by Crippen LogP contribution is 2.39. The Morgan fingerprint density at radius 2 is 1.83 bits per heavy atom. The van der Waals surface area contributed by atoms with Crippen LogP contribution in [0.1, 0.15) is 49.2 Å². The summed E-state index contributed by atoms with van der Waals surface area (Å²) < 4.78 is 0. The number of carbonyl (C=O) groups is 2. The van der Waals surface area contributed by atoms with Crippen molar-refractivity contribution < 1.29 is 19.8 Å². The van der Waals surface area contributed by atoms with Crippen LogP contribution in [0.2, 0.25) is 0 Å². The highest BCUT2D eigenvalue weighted by molar-refractivity contribution is 6.06. The van der Waals surface area contributed by atoms with Gasteiger partial charge in [-0.2, -0.15) is 0 Å². The maximum Gasteiger partial charge on any atom is 0.337 e. The topological polar surface area (TPSA) is 90.7 Å². The summed E-state index contributed by atoms with van der Waals surface area (Å²) in [6.45, 7) is 8.71. The molecule has 0 radical (unpaired) electrons. The Morgan fingerprint density at radius 1 is 1.14 bits per heavy atom. The molecule has 1 aliphatic rings. The van der Waals surface area contributed by atoms with Crippen molar-refractivity contribution >= 4 is 47.0 Å². The summed E-state index contributed by atoms with van der Waals surface area (Å²) in [5.41, 5.74) is 3.25. The smallest absolute Gasteiger partial charge is 0.337 e. The molecule has 2 N–H and O–H groups in total. The fourth-order valence-corrected chi connectivity index (χ4v) is 3.85. The van der Waals surface area contributed by atoms with E-state index in [4.69, 9.17) is 0 Å². The van der Waals surface area contributed by atoms with Crippen molar-refractivity contribution in [2.24, 2.45) is 11.8 Å². The minimum Gasteiger partial charge on any atom is -0.479 e. The lowest BCUT2D eigenvalue weighted by atomic mass is 9.90. The highest BCUT2D eigenvalue weighted by atomic mass is 35.5. The number of hydrogen-bond donors (Lipinski definition) is 2. The van der Waals surface area contributed by atoms with Gasteiger partial charge in [0.25, 0.3) is 0 Å². The van der Waals surface area contributed by atoms with Gasteiger partial charge in [0.2, 0.25) is 0 Å². The minimum atomic E-state index is -1.01. The number of benzene rings is 1.